The van der Waals surface area contributed by atoms with Crippen molar-refractivity contribution in [1.29, 1.82) is 0 Å². The molecule has 0 radical (unpaired) electrons. The number of rotatable bonds is 5. The van der Waals surface area contributed by atoms with Crippen molar-refractivity contribution in [1.82, 2.24) is 18.8 Å². The lowest BCUT2D eigenvalue weighted by atomic mass is 9.76. The van der Waals surface area contributed by atoms with Gasteiger partial charge in [0.05, 0.1) is 18.3 Å². The zero-order chi connectivity index (χ0) is 15.0. The summed E-state index contributed by atoms with van der Waals surface area (Å²) in [4.78, 5) is 0. The molecule has 3 rings (SSSR count). The van der Waals surface area contributed by atoms with Crippen LogP contribution in [0.15, 0.2) is 12.4 Å². The number of aromatic nitrogens is 2. The zero-order valence-electron chi connectivity index (χ0n) is 12.1. The zero-order valence-corrected chi connectivity index (χ0v) is 13.0. The van der Waals surface area contributed by atoms with Crippen LogP contribution in [-0.4, -0.2) is 46.8 Å². The van der Waals surface area contributed by atoms with Crippen LogP contribution >= 0.6 is 0 Å². The van der Waals surface area contributed by atoms with Crippen LogP contribution in [0.4, 0.5) is 0 Å². The molecule has 118 valence electrons. The fourth-order valence-electron chi connectivity index (χ4n) is 3.10. The summed E-state index contributed by atoms with van der Waals surface area (Å²) in [7, 11) is -1.66. The van der Waals surface area contributed by atoms with Crippen molar-refractivity contribution < 1.29 is 13.5 Å². The van der Waals surface area contributed by atoms with Gasteiger partial charge in [-0.3, -0.25) is 4.68 Å². The van der Waals surface area contributed by atoms with Crippen LogP contribution in [0, 0.1) is 5.92 Å². The first-order valence-electron chi connectivity index (χ1n) is 7.40. The second-order valence-electron chi connectivity index (χ2n) is 6.04. The summed E-state index contributed by atoms with van der Waals surface area (Å²) >= 11 is 0. The molecule has 2 fully saturated rings. The highest BCUT2D eigenvalue weighted by Crippen LogP contribution is 2.38. The van der Waals surface area contributed by atoms with Gasteiger partial charge in [0, 0.05) is 31.9 Å². The predicted molar refractivity (Wildman–Crippen MR) is 77.5 cm³/mol. The topological polar surface area (TPSA) is 87.5 Å². The molecule has 1 aliphatic carbocycles. The molecule has 1 saturated carbocycles. The van der Waals surface area contributed by atoms with Crippen LogP contribution in [0.2, 0.25) is 0 Å². The molecular formula is C13H22N4O3S. The Hall–Kier alpha value is -0.960. The van der Waals surface area contributed by atoms with Crippen molar-refractivity contribution in [3.8, 4) is 0 Å². The fraction of sp³-hybridized carbons (Fsp3) is 0.769. The highest BCUT2D eigenvalue weighted by molar-refractivity contribution is 7.87. The van der Waals surface area contributed by atoms with Gasteiger partial charge in [-0.15, -0.1) is 0 Å². The minimum absolute atomic E-state index is 0.126. The largest absolute Gasteiger partial charge is 0.393 e. The quantitative estimate of drug-likeness (QED) is 0.810. The van der Waals surface area contributed by atoms with Gasteiger partial charge in [0.15, 0.2) is 0 Å². The molecule has 1 saturated heterocycles. The van der Waals surface area contributed by atoms with Crippen LogP contribution in [0.1, 0.15) is 37.3 Å². The summed E-state index contributed by atoms with van der Waals surface area (Å²) in [6.07, 6.45) is 6.31. The lowest BCUT2D eigenvalue weighted by Crippen LogP contribution is -2.46. The lowest BCUT2D eigenvalue weighted by molar-refractivity contribution is 0.0277. The Morgan fingerprint density at radius 2 is 2.05 bits per heavy atom. The van der Waals surface area contributed by atoms with Gasteiger partial charge in [0.1, 0.15) is 0 Å². The Morgan fingerprint density at radius 1 is 1.38 bits per heavy atom. The number of aliphatic hydroxyl groups excluding tert-OH is 1. The summed E-state index contributed by atoms with van der Waals surface area (Å²) in [5, 5.41) is 13.7. The predicted octanol–water partition coefficient (Wildman–Crippen LogP) is 0.162. The minimum Gasteiger partial charge on any atom is -0.393 e. The first kappa shape index (κ1) is 15.0. The van der Waals surface area contributed by atoms with Crippen molar-refractivity contribution in [2.24, 2.45) is 13.0 Å². The minimum atomic E-state index is -3.47. The summed E-state index contributed by atoms with van der Waals surface area (Å²) in [6.45, 7) is 1.17. The molecule has 1 aliphatic heterocycles. The van der Waals surface area contributed by atoms with Gasteiger partial charge in [-0.25, -0.2) is 0 Å². The maximum absolute atomic E-state index is 12.5. The van der Waals surface area contributed by atoms with Crippen LogP contribution in [0.25, 0.3) is 0 Å². The van der Waals surface area contributed by atoms with Crippen LogP contribution in [0.3, 0.4) is 0 Å². The van der Waals surface area contributed by atoms with E-state index >= 15 is 0 Å². The molecule has 1 aromatic heterocycles. The number of nitrogens with one attached hydrogen (secondary N) is 1. The second kappa shape index (κ2) is 5.68. The summed E-state index contributed by atoms with van der Waals surface area (Å²) in [6, 6.07) is -0.312. The Bertz CT molecular complexity index is 588. The average molecular weight is 314 g/mol. The SMILES string of the molecule is Cn1cc([C@H](NS(=O)(=O)N2CCCC2)C2CC(O)C2)cn1. The monoisotopic (exact) mass is 314 g/mol. The maximum atomic E-state index is 12.5. The lowest BCUT2D eigenvalue weighted by Gasteiger charge is -2.38. The standard InChI is InChI=1S/C13H22N4O3S/c1-16-9-11(8-14-16)13(10-6-12(18)7-10)15-21(19,20)17-4-2-3-5-17/h8-10,12-13,15,18H,2-7H2,1H3/t10?,12?,13-/m1/s1. The highest BCUT2D eigenvalue weighted by atomic mass is 32.2. The van der Waals surface area contributed by atoms with Crippen molar-refractivity contribution >= 4 is 10.2 Å². The van der Waals surface area contributed by atoms with E-state index in [0.717, 1.165) is 18.4 Å². The molecule has 2 N–H and O–H groups in total. The van der Waals surface area contributed by atoms with E-state index in [4.69, 9.17) is 0 Å². The van der Waals surface area contributed by atoms with E-state index in [1.807, 2.05) is 13.2 Å². The molecule has 2 aliphatic rings. The van der Waals surface area contributed by atoms with E-state index in [2.05, 4.69) is 9.82 Å². The molecule has 1 atom stereocenters. The third-order valence-corrected chi connectivity index (χ3v) is 5.98. The molecule has 0 unspecified atom stereocenters. The molecule has 8 heteroatoms. The van der Waals surface area contributed by atoms with Gasteiger partial charge < -0.3 is 5.11 Å². The van der Waals surface area contributed by atoms with Gasteiger partial charge in [-0.1, -0.05) is 0 Å². The van der Waals surface area contributed by atoms with Crippen LogP contribution in [0.5, 0.6) is 0 Å². The van der Waals surface area contributed by atoms with Crippen molar-refractivity contribution in [2.75, 3.05) is 13.1 Å². The molecule has 0 bridgehead atoms. The van der Waals surface area contributed by atoms with E-state index in [-0.39, 0.29) is 18.1 Å². The molecule has 2 heterocycles. The van der Waals surface area contributed by atoms with Crippen molar-refractivity contribution in [3.63, 3.8) is 0 Å². The summed E-state index contributed by atoms with van der Waals surface area (Å²) in [5.41, 5.74) is 0.858. The van der Waals surface area contributed by atoms with Crippen molar-refractivity contribution in [3.05, 3.63) is 18.0 Å². The Morgan fingerprint density at radius 3 is 2.57 bits per heavy atom. The molecule has 0 aromatic carbocycles. The smallest absolute Gasteiger partial charge is 0.280 e. The highest BCUT2D eigenvalue weighted by Gasteiger charge is 2.39. The van der Waals surface area contributed by atoms with Crippen LogP contribution < -0.4 is 4.72 Å². The van der Waals surface area contributed by atoms with E-state index < -0.39 is 10.2 Å². The van der Waals surface area contributed by atoms with Gasteiger partial charge in [0.2, 0.25) is 0 Å². The number of nitrogens with zero attached hydrogens (tertiary/aromatic N) is 3. The van der Waals surface area contributed by atoms with Gasteiger partial charge in [-0.2, -0.15) is 22.5 Å². The summed E-state index contributed by atoms with van der Waals surface area (Å²) in [5.74, 6) is 0.126. The van der Waals surface area contributed by atoms with E-state index in [9.17, 15) is 13.5 Å². The maximum Gasteiger partial charge on any atom is 0.280 e. The third-order valence-electron chi connectivity index (χ3n) is 4.39. The average Bonchev–Trinajstić information content (AvgIpc) is 3.03. The molecule has 1 aromatic rings. The molecule has 0 amide bonds. The fourth-order valence-corrected chi connectivity index (χ4v) is 4.64. The third kappa shape index (κ3) is 3.13. The molecule has 7 nitrogen and oxygen atoms in total. The van der Waals surface area contributed by atoms with E-state index in [1.165, 1.54) is 4.31 Å². The van der Waals surface area contributed by atoms with Gasteiger partial charge in [-0.05, 0) is 31.6 Å². The van der Waals surface area contributed by atoms with Gasteiger partial charge >= 0.3 is 0 Å². The van der Waals surface area contributed by atoms with Crippen LogP contribution in [-0.2, 0) is 17.3 Å². The Kier molecular flexibility index (Phi) is 4.04. The molecule has 0 spiro atoms. The first-order chi connectivity index (χ1) is 9.95. The number of aryl methyl sites for hydroxylation is 1. The first-order valence-corrected chi connectivity index (χ1v) is 8.84. The Balaban J connectivity index is 1.79. The second-order valence-corrected chi connectivity index (χ2v) is 7.74. The molecular weight excluding hydrogens is 292 g/mol. The summed E-state index contributed by atoms with van der Waals surface area (Å²) < 4.78 is 30.9. The number of hydrogen-bond donors (Lipinski definition) is 2. The number of hydrogen-bond acceptors (Lipinski definition) is 4. The Labute approximate surface area is 125 Å². The van der Waals surface area contributed by atoms with E-state index in [1.54, 1.807) is 10.9 Å². The normalized spacial score (nSPS) is 28.5. The van der Waals surface area contributed by atoms with E-state index in [0.29, 0.717) is 25.9 Å². The van der Waals surface area contributed by atoms with Gasteiger partial charge in [0.25, 0.3) is 10.2 Å². The van der Waals surface area contributed by atoms with Crippen molar-refractivity contribution in [2.45, 2.75) is 37.8 Å². The molecule has 21 heavy (non-hydrogen) atoms. The number of aliphatic hydroxyl groups is 1.